The standard InChI is InChI=1S/C23H20O5/c1-26-23(25)18-11-13-19(14-12-18)28-22(24)15-16-27-21-10-6-5-9-20(21)17-7-3-2-4-8-17/h2-14H,15-16H2,1H3. The van der Waals surface area contributed by atoms with Crippen LogP contribution in [0.4, 0.5) is 0 Å². The van der Waals surface area contributed by atoms with E-state index < -0.39 is 11.9 Å². The smallest absolute Gasteiger partial charge is 0.337 e. The Morgan fingerprint density at radius 3 is 2.21 bits per heavy atom. The fourth-order valence-corrected chi connectivity index (χ4v) is 2.65. The molecule has 0 amide bonds. The number of esters is 2. The van der Waals surface area contributed by atoms with Crippen molar-refractivity contribution < 1.29 is 23.8 Å². The van der Waals surface area contributed by atoms with Crippen LogP contribution >= 0.6 is 0 Å². The Balaban J connectivity index is 1.54. The zero-order chi connectivity index (χ0) is 19.8. The van der Waals surface area contributed by atoms with Gasteiger partial charge in [-0.25, -0.2) is 4.79 Å². The van der Waals surface area contributed by atoms with Gasteiger partial charge in [0, 0.05) is 5.56 Å². The van der Waals surface area contributed by atoms with Gasteiger partial charge in [0.15, 0.2) is 0 Å². The summed E-state index contributed by atoms with van der Waals surface area (Å²) in [5.41, 5.74) is 2.41. The Bertz CT molecular complexity index is 933. The quantitative estimate of drug-likeness (QED) is 0.448. The fraction of sp³-hybridized carbons (Fsp3) is 0.130. The molecule has 0 heterocycles. The molecule has 3 aromatic rings. The summed E-state index contributed by atoms with van der Waals surface area (Å²) in [5, 5.41) is 0. The molecule has 28 heavy (non-hydrogen) atoms. The maximum absolute atomic E-state index is 12.0. The van der Waals surface area contributed by atoms with Crippen LogP contribution in [0, 0.1) is 0 Å². The first-order chi connectivity index (χ1) is 13.7. The monoisotopic (exact) mass is 376 g/mol. The molecule has 0 N–H and O–H groups in total. The topological polar surface area (TPSA) is 61.8 Å². The molecule has 0 aliphatic heterocycles. The van der Waals surface area contributed by atoms with Crippen molar-refractivity contribution in [2.24, 2.45) is 0 Å². The Kier molecular flexibility index (Phi) is 6.41. The molecular weight excluding hydrogens is 356 g/mol. The molecule has 0 fully saturated rings. The number of carbonyl (C=O) groups excluding carboxylic acids is 2. The number of ether oxygens (including phenoxy) is 3. The third kappa shape index (κ3) is 4.98. The second-order valence-corrected chi connectivity index (χ2v) is 5.95. The molecule has 0 saturated carbocycles. The van der Waals surface area contributed by atoms with Crippen molar-refractivity contribution in [3.05, 3.63) is 84.4 Å². The van der Waals surface area contributed by atoms with E-state index in [2.05, 4.69) is 4.74 Å². The SMILES string of the molecule is COC(=O)c1ccc(OC(=O)CCOc2ccccc2-c2ccccc2)cc1. The largest absolute Gasteiger partial charge is 0.492 e. The summed E-state index contributed by atoms with van der Waals surface area (Å²) >= 11 is 0. The van der Waals surface area contributed by atoms with E-state index >= 15 is 0 Å². The molecule has 0 aromatic heterocycles. The minimum Gasteiger partial charge on any atom is -0.492 e. The van der Waals surface area contributed by atoms with E-state index in [1.807, 2.05) is 54.6 Å². The first kappa shape index (κ1) is 19.2. The third-order valence-electron chi connectivity index (χ3n) is 4.04. The van der Waals surface area contributed by atoms with Crippen LogP contribution in [0.2, 0.25) is 0 Å². The summed E-state index contributed by atoms with van der Waals surface area (Å²) in [6.45, 7) is 0.197. The van der Waals surface area contributed by atoms with Crippen LogP contribution < -0.4 is 9.47 Å². The van der Waals surface area contributed by atoms with Gasteiger partial charge in [-0.1, -0.05) is 48.5 Å². The van der Waals surface area contributed by atoms with Crippen molar-refractivity contribution in [2.75, 3.05) is 13.7 Å². The van der Waals surface area contributed by atoms with Crippen molar-refractivity contribution in [1.82, 2.24) is 0 Å². The normalized spacial score (nSPS) is 10.2. The van der Waals surface area contributed by atoms with Crippen LogP contribution in [0.25, 0.3) is 11.1 Å². The summed E-state index contributed by atoms with van der Waals surface area (Å²) in [5.74, 6) is 0.220. The second kappa shape index (κ2) is 9.37. The number of rotatable bonds is 7. The van der Waals surface area contributed by atoms with Gasteiger partial charge in [0.25, 0.3) is 0 Å². The van der Waals surface area contributed by atoms with E-state index in [9.17, 15) is 9.59 Å². The van der Waals surface area contributed by atoms with Crippen LogP contribution in [0.15, 0.2) is 78.9 Å². The van der Waals surface area contributed by atoms with E-state index in [1.165, 1.54) is 7.11 Å². The Labute approximate surface area is 163 Å². The molecule has 0 aliphatic carbocycles. The zero-order valence-corrected chi connectivity index (χ0v) is 15.5. The molecule has 3 aromatic carbocycles. The average Bonchev–Trinajstić information content (AvgIpc) is 2.74. The van der Waals surface area contributed by atoms with Gasteiger partial charge in [0.05, 0.1) is 25.7 Å². The molecule has 5 nitrogen and oxygen atoms in total. The number of methoxy groups -OCH3 is 1. The van der Waals surface area contributed by atoms with Crippen LogP contribution in [0.5, 0.6) is 11.5 Å². The summed E-state index contributed by atoms with van der Waals surface area (Å²) < 4.78 is 15.7. The maximum atomic E-state index is 12.0. The van der Waals surface area contributed by atoms with E-state index in [0.717, 1.165) is 11.1 Å². The lowest BCUT2D eigenvalue weighted by atomic mass is 10.1. The van der Waals surface area contributed by atoms with E-state index in [-0.39, 0.29) is 13.0 Å². The Morgan fingerprint density at radius 2 is 1.50 bits per heavy atom. The van der Waals surface area contributed by atoms with Gasteiger partial charge in [-0.05, 0) is 35.9 Å². The molecule has 142 valence electrons. The fourth-order valence-electron chi connectivity index (χ4n) is 2.65. The van der Waals surface area contributed by atoms with E-state index in [4.69, 9.17) is 9.47 Å². The first-order valence-electron chi connectivity index (χ1n) is 8.83. The van der Waals surface area contributed by atoms with Crippen LogP contribution in [0.3, 0.4) is 0 Å². The second-order valence-electron chi connectivity index (χ2n) is 5.95. The molecule has 0 aliphatic rings. The molecule has 0 radical (unpaired) electrons. The average molecular weight is 376 g/mol. The Morgan fingerprint density at radius 1 is 0.821 bits per heavy atom. The highest BCUT2D eigenvalue weighted by Gasteiger charge is 2.10. The zero-order valence-electron chi connectivity index (χ0n) is 15.5. The van der Waals surface area contributed by atoms with Gasteiger partial charge in [0.2, 0.25) is 0 Å². The first-order valence-corrected chi connectivity index (χ1v) is 8.83. The molecule has 3 rings (SSSR count). The third-order valence-corrected chi connectivity index (χ3v) is 4.04. The summed E-state index contributed by atoms with van der Waals surface area (Å²) in [6, 6.07) is 23.8. The highest BCUT2D eigenvalue weighted by molar-refractivity contribution is 5.89. The van der Waals surface area contributed by atoms with Crippen molar-refractivity contribution in [3.8, 4) is 22.6 Å². The molecule has 0 spiro atoms. The van der Waals surface area contributed by atoms with Crippen LogP contribution in [-0.4, -0.2) is 25.7 Å². The molecule has 0 unspecified atom stereocenters. The molecule has 0 bridgehead atoms. The predicted molar refractivity (Wildman–Crippen MR) is 105 cm³/mol. The van der Waals surface area contributed by atoms with Crippen LogP contribution in [-0.2, 0) is 9.53 Å². The van der Waals surface area contributed by atoms with Gasteiger partial charge in [-0.2, -0.15) is 0 Å². The number of hydrogen-bond acceptors (Lipinski definition) is 5. The minimum absolute atomic E-state index is 0.0991. The van der Waals surface area contributed by atoms with Crippen molar-refractivity contribution in [1.29, 1.82) is 0 Å². The van der Waals surface area contributed by atoms with Crippen molar-refractivity contribution >= 4 is 11.9 Å². The van der Waals surface area contributed by atoms with Crippen molar-refractivity contribution in [2.45, 2.75) is 6.42 Å². The number of carbonyl (C=O) groups is 2. The molecular formula is C23H20O5. The number of para-hydroxylation sites is 1. The number of hydrogen-bond donors (Lipinski definition) is 0. The predicted octanol–water partition coefficient (Wildman–Crippen LogP) is 4.51. The van der Waals surface area contributed by atoms with Gasteiger partial charge in [-0.3, -0.25) is 4.79 Å². The van der Waals surface area contributed by atoms with Crippen LogP contribution in [0.1, 0.15) is 16.8 Å². The lowest BCUT2D eigenvalue weighted by Gasteiger charge is -2.11. The lowest BCUT2D eigenvalue weighted by molar-refractivity contribution is -0.134. The summed E-state index contributed by atoms with van der Waals surface area (Å²) in [6.07, 6.45) is 0.0991. The van der Waals surface area contributed by atoms with Gasteiger partial charge < -0.3 is 14.2 Å². The molecule has 0 saturated heterocycles. The van der Waals surface area contributed by atoms with Gasteiger partial charge in [-0.15, -0.1) is 0 Å². The highest BCUT2D eigenvalue weighted by Crippen LogP contribution is 2.29. The van der Waals surface area contributed by atoms with E-state index in [0.29, 0.717) is 17.1 Å². The maximum Gasteiger partial charge on any atom is 0.337 e. The Hall–Kier alpha value is -3.60. The number of benzene rings is 3. The minimum atomic E-state index is -0.441. The molecule has 0 atom stereocenters. The lowest BCUT2D eigenvalue weighted by Crippen LogP contribution is -2.13. The molecule has 5 heteroatoms. The highest BCUT2D eigenvalue weighted by atomic mass is 16.5. The summed E-state index contributed by atoms with van der Waals surface area (Å²) in [7, 11) is 1.31. The van der Waals surface area contributed by atoms with Crippen molar-refractivity contribution in [3.63, 3.8) is 0 Å². The van der Waals surface area contributed by atoms with Gasteiger partial charge >= 0.3 is 11.9 Å². The van der Waals surface area contributed by atoms with E-state index in [1.54, 1.807) is 24.3 Å². The van der Waals surface area contributed by atoms with Gasteiger partial charge in [0.1, 0.15) is 11.5 Å². The summed E-state index contributed by atoms with van der Waals surface area (Å²) in [4.78, 5) is 23.4.